The smallest absolute Gasteiger partial charge is 0.137 e. The Morgan fingerprint density at radius 3 is 2.95 bits per heavy atom. The average molecular weight is 291 g/mol. The highest BCUT2D eigenvalue weighted by Gasteiger charge is 2.15. The van der Waals surface area contributed by atoms with Gasteiger partial charge in [-0.2, -0.15) is 0 Å². The fourth-order valence-electron chi connectivity index (χ4n) is 2.13. The molecule has 0 spiro atoms. The molecule has 3 aromatic rings. The van der Waals surface area contributed by atoms with Crippen LogP contribution in [0.25, 0.3) is 5.65 Å². The van der Waals surface area contributed by atoms with E-state index in [0.717, 1.165) is 5.65 Å². The van der Waals surface area contributed by atoms with E-state index in [9.17, 15) is 9.50 Å². The van der Waals surface area contributed by atoms with Crippen molar-refractivity contribution in [1.29, 1.82) is 0 Å². The van der Waals surface area contributed by atoms with E-state index >= 15 is 0 Å². The Morgan fingerprint density at radius 1 is 1.30 bits per heavy atom. The Labute approximate surface area is 120 Å². The molecule has 20 heavy (non-hydrogen) atoms. The summed E-state index contributed by atoms with van der Waals surface area (Å²) < 4.78 is 15.0. The topological polar surface area (TPSA) is 37.5 Å². The van der Waals surface area contributed by atoms with Crippen LogP contribution in [0.15, 0.2) is 48.8 Å². The Kier molecular flexibility index (Phi) is 3.42. The van der Waals surface area contributed by atoms with Gasteiger partial charge in [0.15, 0.2) is 0 Å². The van der Waals surface area contributed by atoms with E-state index in [1.807, 2.05) is 28.8 Å². The van der Waals surface area contributed by atoms with Crippen LogP contribution in [-0.4, -0.2) is 14.5 Å². The van der Waals surface area contributed by atoms with Gasteiger partial charge in [-0.15, -0.1) is 0 Å². The third-order valence-corrected chi connectivity index (χ3v) is 3.51. The molecule has 2 aromatic heterocycles. The highest BCUT2D eigenvalue weighted by Crippen LogP contribution is 2.24. The van der Waals surface area contributed by atoms with Crippen LogP contribution < -0.4 is 0 Å². The lowest BCUT2D eigenvalue weighted by Crippen LogP contribution is -2.03. The Bertz CT molecular complexity index is 723. The number of nitrogens with zero attached hydrogens (tertiary/aromatic N) is 2. The van der Waals surface area contributed by atoms with Gasteiger partial charge in [-0.3, -0.25) is 0 Å². The van der Waals surface area contributed by atoms with Crippen LogP contribution in [0.5, 0.6) is 0 Å². The molecule has 0 saturated heterocycles. The Balaban J connectivity index is 1.88. The zero-order chi connectivity index (χ0) is 14.1. The molecule has 102 valence electrons. The van der Waals surface area contributed by atoms with E-state index in [4.69, 9.17) is 11.6 Å². The summed E-state index contributed by atoms with van der Waals surface area (Å²) in [6.45, 7) is 0. The summed E-state index contributed by atoms with van der Waals surface area (Å²) in [6.07, 6.45) is 3.01. The van der Waals surface area contributed by atoms with E-state index in [2.05, 4.69) is 4.98 Å². The number of halogens is 2. The molecule has 0 aliphatic carbocycles. The number of aromatic nitrogens is 2. The first-order valence-corrected chi connectivity index (χ1v) is 6.57. The normalized spacial score (nSPS) is 12.8. The van der Waals surface area contributed by atoms with Crippen LogP contribution in [0.1, 0.15) is 17.4 Å². The summed E-state index contributed by atoms with van der Waals surface area (Å²) in [5, 5.41) is 10.7. The second-order valence-corrected chi connectivity index (χ2v) is 4.99. The molecule has 0 aliphatic rings. The maximum Gasteiger partial charge on any atom is 0.137 e. The highest BCUT2D eigenvalue weighted by atomic mass is 35.5. The fraction of sp³-hybridized carbons (Fsp3) is 0.133. The maximum atomic E-state index is 13.2. The predicted octanol–water partition coefficient (Wildman–Crippen LogP) is 3.40. The largest absolute Gasteiger partial charge is 0.386 e. The number of pyridine rings is 1. The molecular formula is C15H12ClFN2O. The summed E-state index contributed by atoms with van der Waals surface area (Å²) in [5.74, 6) is -0.369. The molecule has 3 nitrogen and oxygen atoms in total. The number of benzene rings is 1. The van der Waals surface area contributed by atoms with Gasteiger partial charge in [0.05, 0.1) is 5.69 Å². The highest BCUT2D eigenvalue weighted by molar-refractivity contribution is 6.31. The van der Waals surface area contributed by atoms with Gasteiger partial charge in [0.25, 0.3) is 0 Å². The van der Waals surface area contributed by atoms with Crippen LogP contribution in [0, 0.1) is 5.82 Å². The fourth-order valence-corrected chi connectivity index (χ4v) is 2.32. The first-order valence-electron chi connectivity index (χ1n) is 6.19. The summed E-state index contributed by atoms with van der Waals surface area (Å²) in [6, 6.07) is 9.73. The lowest BCUT2D eigenvalue weighted by molar-refractivity contribution is 0.174. The minimum absolute atomic E-state index is 0.223. The number of hydrogen-bond acceptors (Lipinski definition) is 2. The van der Waals surface area contributed by atoms with Crippen molar-refractivity contribution < 1.29 is 9.50 Å². The number of imidazole rings is 1. The van der Waals surface area contributed by atoms with E-state index < -0.39 is 6.10 Å². The van der Waals surface area contributed by atoms with Gasteiger partial charge < -0.3 is 9.51 Å². The molecule has 1 unspecified atom stereocenters. The molecule has 3 rings (SSSR count). The minimum Gasteiger partial charge on any atom is -0.386 e. The third-order valence-electron chi connectivity index (χ3n) is 3.15. The molecule has 1 N–H and O–H groups in total. The van der Waals surface area contributed by atoms with Crippen LogP contribution in [0.2, 0.25) is 5.02 Å². The van der Waals surface area contributed by atoms with Crippen molar-refractivity contribution in [3.8, 4) is 0 Å². The first-order chi connectivity index (χ1) is 9.63. The quantitative estimate of drug-likeness (QED) is 0.803. The van der Waals surface area contributed by atoms with Gasteiger partial charge in [0.2, 0.25) is 0 Å². The molecular weight excluding hydrogens is 279 g/mol. The minimum atomic E-state index is -0.825. The lowest BCUT2D eigenvalue weighted by Gasteiger charge is -2.09. The van der Waals surface area contributed by atoms with Crippen LogP contribution in [-0.2, 0) is 6.42 Å². The van der Waals surface area contributed by atoms with Crippen molar-refractivity contribution in [2.24, 2.45) is 0 Å². The molecule has 1 atom stereocenters. The predicted molar refractivity (Wildman–Crippen MR) is 75.3 cm³/mol. The molecule has 0 aliphatic heterocycles. The number of hydrogen-bond donors (Lipinski definition) is 1. The summed E-state index contributed by atoms with van der Waals surface area (Å²) >= 11 is 6.00. The van der Waals surface area contributed by atoms with Crippen molar-refractivity contribution in [2.75, 3.05) is 0 Å². The van der Waals surface area contributed by atoms with Crippen molar-refractivity contribution >= 4 is 17.2 Å². The SMILES string of the molecule is OC(Cc1cc(F)ccc1Cl)c1cn2ccccc2n1. The summed E-state index contributed by atoms with van der Waals surface area (Å²) in [4.78, 5) is 4.34. The number of rotatable bonds is 3. The average Bonchev–Trinajstić information content (AvgIpc) is 2.87. The van der Waals surface area contributed by atoms with Crippen LogP contribution in [0.4, 0.5) is 4.39 Å². The van der Waals surface area contributed by atoms with E-state index in [-0.39, 0.29) is 12.2 Å². The number of fused-ring (bicyclic) bond motifs is 1. The Morgan fingerprint density at radius 2 is 2.15 bits per heavy atom. The standard InChI is InChI=1S/C15H12ClFN2O/c16-12-5-4-11(17)7-10(12)8-14(20)13-9-19-6-2-1-3-15(19)18-13/h1-7,9,14,20H,8H2. The van der Waals surface area contributed by atoms with Gasteiger partial charge in [-0.1, -0.05) is 17.7 Å². The zero-order valence-electron chi connectivity index (χ0n) is 10.5. The summed E-state index contributed by atoms with van der Waals surface area (Å²) in [5.41, 5.74) is 1.86. The molecule has 0 saturated carbocycles. The van der Waals surface area contributed by atoms with E-state index in [1.54, 1.807) is 6.20 Å². The molecule has 0 fully saturated rings. The van der Waals surface area contributed by atoms with Gasteiger partial charge >= 0.3 is 0 Å². The molecule has 2 heterocycles. The second-order valence-electron chi connectivity index (χ2n) is 4.59. The van der Waals surface area contributed by atoms with Crippen molar-refractivity contribution in [1.82, 2.24) is 9.38 Å². The summed E-state index contributed by atoms with van der Waals surface area (Å²) in [7, 11) is 0. The third kappa shape index (κ3) is 2.53. The van der Waals surface area contributed by atoms with Gasteiger partial charge in [-0.25, -0.2) is 9.37 Å². The van der Waals surface area contributed by atoms with Crippen LogP contribution in [0.3, 0.4) is 0 Å². The van der Waals surface area contributed by atoms with Gasteiger partial charge in [0, 0.05) is 23.8 Å². The van der Waals surface area contributed by atoms with Gasteiger partial charge in [-0.05, 0) is 35.9 Å². The molecule has 5 heteroatoms. The van der Waals surface area contributed by atoms with E-state index in [1.165, 1.54) is 18.2 Å². The second kappa shape index (κ2) is 5.23. The van der Waals surface area contributed by atoms with Gasteiger partial charge in [0.1, 0.15) is 17.6 Å². The molecule has 0 bridgehead atoms. The number of aliphatic hydroxyl groups excluding tert-OH is 1. The van der Waals surface area contributed by atoms with Crippen molar-refractivity contribution in [3.63, 3.8) is 0 Å². The monoisotopic (exact) mass is 290 g/mol. The Hall–Kier alpha value is -1.91. The van der Waals surface area contributed by atoms with Crippen molar-refractivity contribution in [2.45, 2.75) is 12.5 Å². The first kappa shape index (κ1) is 13.1. The van der Waals surface area contributed by atoms with Crippen LogP contribution >= 0.6 is 11.6 Å². The lowest BCUT2D eigenvalue weighted by atomic mass is 10.1. The molecule has 1 aromatic carbocycles. The maximum absolute atomic E-state index is 13.2. The number of aliphatic hydroxyl groups is 1. The molecule has 0 radical (unpaired) electrons. The zero-order valence-corrected chi connectivity index (χ0v) is 11.3. The molecule has 0 amide bonds. The van der Waals surface area contributed by atoms with E-state index in [0.29, 0.717) is 16.3 Å². The van der Waals surface area contributed by atoms with Crippen molar-refractivity contribution in [3.05, 3.63) is 70.9 Å².